The van der Waals surface area contributed by atoms with Gasteiger partial charge in [-0.3, -0.25) is 4.90 Å². The predicted octanol–water partition coefficient (Wildman–Crippen LogP) is 2.97. The summed E-state index contributed by atoms with van der Waals surface area (Å²) >= 11 is 0. The summed E-state index contributed by atoms with van der Waals surface area (Å²) in [5.74, 6) is 2.12. The lowest BCUT2D eigenvalue weighted by Crippen LogP contribution is -2.40. The van der Waals surface area contributed by atoms with Gasteiger partial charge >= 0.3 is 0 Å². The number of hydrogen-bond donors (Lipinski definition) is 2. The molecule has 8 heteroatoms. The molecule has 0 aliphatic carbocycles. The first-order valence-corrected chi connectivity index (χ1v) is 10.0. The molecule has 0 radical (unpaired) electrons. The summed E-state index contributed by atoms with van der Waals surface area (Å²) in [6.45, 7) is 13.6. The van der Waals surface area contributed by atoms with Crippen LogP contribution in [0.1, 0.15) is 57.4 Å². The number of rotatable bonds is 10. The molecule has 0 atom stereocenters. The molecule has 1 aliphatic heterocycles. The molecule has 1 aromatic rings. The minimum absolute atomic E-state index is 0. The van der Waals surface area contributed by atoms with Crippen molar-refractivity contribution in [3.63, 3.8) is 0 Å². The Morgan fingerprint density at radius 2 is 1.96 bits per heavy atom. The van der Waals surface area contributed by atoms with Gasteiger partial charge in [0.2, 0.25) is 0 Å². The van der Waals surface area contributed by atoms with Gasteiger partial charge in [0.05, 0.1) is 18.9 Å². The molecule has 1 aromatic heterocycles. The quantitative estimate of drug-likeness (QED) is 0.226. The standard InChI is InChI=1S/C19H35N5O2.HI/c1-4-16(5-2)18-14-17(26-23-18)15-22-19(20-6-3)21-8-7-9-24-10-12-25-13-11-24;/h14,16H,4-13,15H2,1-3H3,(H2,20,21,22);1H. The summed E-state index contributed by atoms with van der Waals surface area (Å²) in [5.41, 5.74) is 1.05. The van der Waals surface area contributed by atoms with E-state index in [9.17, 15) is 0 Å². The number of aliphatic imine (C=N–C) groups is 1. The van der Waals surface area contributed by atoms with Gasteiger partial charge in [-0.2, -0.15) is 0 Å². The Hall–Kier alpha value is -0.870. The molecule has 0 amide bonds. The van der Waals surface area contributed by atoms with Crippen molar-refractivity contribution >= 4 is 29.9 Å². The van der Waals surface area contributed by atoms with E-state index in [0.717, 1.165) is 82.6 Å². The number of guanidine groups is 1. The van der Waals surface area contributed by atoms with Gasteiger partial charge in [0.25, 0.3) is 0 Å². The number of hydrogen-bond acceptors (Lipinski definition) is 5. The number of ether oxygens (including phenoxy) is 1. The fourth-order valence-corrected chi connectivity index (χ4v) is 3.14. The van der Waals surface area contributed by atoms with E-state index in [2.05, 4.69) is 46.5 Å². The van der Waals surface area contributed by atoms with Crippen molar-refractivity contribution in [2.24, 2.45) is 4.99 Å². The van der Waals surface area contributed by atoms with Crippen molar-refractivity contribution in [3.8, 4) is 0 Å². The largest absolute Gasteiger partial charge is 0.379 e. The Kier molecular flexibility index (Phi) is 12.7. The van der Waals surface area contributed by atoms with Crippen molar-refractivity contribution in [1.29, 1.82) is 0 Å². The van der Waals surface area contributed by atoms with Crippen LogP contribution in [0.3, 0.4) is 0 Å². The second-order valence-electron chi connectivity index (χ2n) is 6.66. The van der Waals surface area contributed by atoms with Crippen LogP contribution < -0.4 is 10.6 Å². The topological polar surface area (TPSA) is 74.9 Å². The second-order valence-corrected chi connectivity index (χ2v) is 6.66. The summed E-state index contributed by atoms with van der Waals surface area (Å²) < 4.78 is 10.8. The lowest BCUT2D eigenvalue weighted by atomic mass is 9.99. The molecule has 0 aromatic carbocycles. The Morgan fingerprint density at radius 1 is 1.22 bits per heavy atom. The van der Waals surface area contributed by atoms with Gasteiger partial charge in [0, 0.05) is 38.2 Å². The highest BCUT2D eigenvalue weighted by atomic mass is 127. The van der Waals surface area contributed by atoms with Crippen LogP contribution in [0, 0.1) is 0 Å². The van der Waals surface area contributed by atoms with Crippen LogP contribution in [0.15, 0.2) is 15.6 Å². The SMILES string of the molecule is CCNC(=NCc1cc(C(CC)CC)no1)NCCCN1CCOCC1.I. The van der Waals surface area contributed by atoms with Gasteiger partial charge in [0.1, 0.15) is 6.54 Å². The van der Waals surface area contributed by atoms with E-state index in [0.29, 0.717) is 12.5 Å². The van der Waals surface area contributed by atoms with Gasteiger partial charge in [-0.15, -0.1) is 24.0 Å². The molecule has 2 N–H and O–H groups in total. The van der Waals surface area contributed by atoms with Crippen LogP contribution in [0.25, 0.3) is 0 Å². The maximum absolute atomic E-state index is 5.45. The van der Waals surface area contributed by atoms with Crippen LogP contribution >= 0.6 is 24.0 Å². The van der Waals surface area contributed by atoms with Crippen LogP contribution in [-0.2, 0) is 11.3 Å². The maximum atomic E-state index is 5.45. The molecule has 2 rings (SSSR count). The first kappa shape index (κ1) is 24.2. The van der Waals surface area contributed by atoms with Crippen molar-refractivity contribution < 1.29 is 9.26 Å². The smallest absolute Gasteiger partial charge is 0.191 e. The number of nitrogens with zero attached hydrogens (tertiary/aromatic N) is 3. The fourth-order valence-electron chi connectivity index (χ4n) is 3.14. The van der Waals surface area contributed by atoms with Crippen molar-refractivity contribution in [2.75, 3.05) is 45.9 Å². The zero-order valence-corrected chi connectivity index (χ0v) is 19.3. The maximum Gasteiger partial charge on any atom is 0.191 e. The van der Waals surface area contributed by atoms with Crippen LogP contribution in [0.5, 0.6) is 0 Å². The summed E-state index contributed by atoms with van der Waals surface area (Å²) in [7, 11) is 0. The van der Waals surface area contributed by atoms with E-state index in [1.54, 1.807) is 0 Å². The third-order valence-corrected chi connectivity index (χ3v) is 4.77. The molecule has 2 heterocycles. The first-order chi connectivity index (χ1) is 12.8. The molecule has 0 bridgehead atoms. The minimum atomic E-state index is 0. The third-order valence-electron chi connectivity index (χ3n) is 4.77. The molecular weight excluding hydrogens is 457 g/mol. The van der Waals surface area contributed by atoms with E-state index in [-0.39, 0.29) is 24.0 Å². The Bertz CT molecular complexity index is 528. The molecule has 0 saturated carbocycles. The highest BCUT2D eigenvalue weighted by molar-refractivity contribution is 14.0. The monoisotopic (exact) mass is 493 g/mol. The van der Waals surface area contributed by atoms with E-state index in [4.69, 9.17) is 9.26 Å². The Labute approximate surface area is 180 Å². The zero-order valence-electron chi connectivity index (χ0n) is 17.0. The van der Waals surface area contributed by atoms with Crippen molar-refractivity contribution in [2.45, 2.75) is 52.5 Å². The Balaban J connectivity index is 0.00000364. The normalized spacial score (nSPS) is 15.6. The van der Waals surface area contributed by atoms with E-state index in [1.165, 1.54) is 0 Å². The van der Waals surface area contributed by atoms with E-state index >= 15 is 0 Å². The van der Waals surface area contributed by atoms with Crippen molar-refractivity contribution in [1.82, 2.24) is 20.7 Å². The van der Waals surface area contributed by atoms with Gasteiger partial charge in [-0.05, 0) is 32.7 Å². The third kappa shape index (κ3) is 8.78. The van der Waals surface area contributed by atoms with Crippen LogP contribution in [0.4, 0.5) is 0 Å². The molecular formula is C19H36IN5O2. The molecule has 0 spiro atoms. The number of halogens is 1. The van der Waals surface area contributed by atoms with E-state index < -0.39 is 0 Å². The molecule has 27 heavy (non-hydrogen) atoms. The van der Waals surface area contributed by atoms with Gasteiger partial charge in [-0.25, -0.2) is 4.99 Å². The minimum Gasteiger partial charge on any atom is -0.379 e. The molecule has 0 unspecified atom stereocenters. The van der Waals surface area contributed by atoms with Gasteiger partial charge < -0.3 is 19.9 Å². The zero-order chi connectivity index (χ0) is 18.6. The van der Waals surface area contributed by atoms with Gasteiger partial charge in [-0.1, -0.05) is 19.0 Å². The molecule has 1 fully saturated rings. The van der Waals surface area contributed by atoms with E-state index in [1.807, 2.05) is 6.07 Å². The highest BCUT2D eigenvalue weighted by Crippen LogP contribution is 2.22. The summed E-state index contributed by atoms with van der Waals surface area (Å²) in [6.07, 6.45) is 3.25. The predicted molar refractivity (Wildman–Crippen MR) is 120 cm³/mol. The summed E-state index contributed by atoms with van der Waals surface area (Å²) in [5, 5.41) is 10.9. The first-order valence-electron chi connectivity index (χ1n) is 10.0. The highest BCUT2D eigenvalue weighted by Gasteiger charge is 2.13. The molecule has 156 valence electrons. The van der Waals surface area contributed by atoms with Crippen molar-refractivity contribution in [3.05, 3.63) is 17.5 Å². The average molecular weight is 493 g/mol. The lowest BCUT2D eigenvalue weighted by molar-refractivity contribution is 0.0376. The second kappa shape index (κ2) is 14.2. The number of aromatic nitrogens is 1. The molecule has 1 saturated heterocycles. The Morgan fingerprint density at radius 3 is 2.63 bits per heavy atom. The molecule has 7 nitrogen and oxygen atoms in total. The average Bonchev–Trinajstić information content (AvgIpc) is 3.14. The number of nitrogens with one attached hydrogen (secondary N) is 2. The van der Waals surface area contributed by atoms with Gasteiger partial charge in [0.15, 0.2) is 11.7 Å². The van der Waals surface area contributed by atoms with Crippen LogP contribution in [-0.4, -0.2) is 62.0 Å². The number of morpholine rings is 1. The fraction of sp³-hybridized carbons (Fsp3) is 0.789. The summed E-state index contributed by atoms with van der Waals surface area (Å²) in [4.78, 5) is 7.07. The summed E-state index contributed by atoms with van der Waals surface area (Å²) in [6, 6.07) is 2.04. The van der Waals surface area contributed by atoms with Crippen LogP contribution in [0.2, 0.25) is 0 Å². The lowest BCUT2D eigenvalue weighted by Gasteiger charge is -2.26. The molecule has 1 aliphatic rings.